The number of hydrogen-bond acceptors (Lipinski definition) is 2. The van der Waals surface area contributed by atoms with Crippen LogP contribution in [0.15, 0.2) is 12.7 Å². The zero-order chi connectivity index (χ0) is 12.7. The number of rotatable bonds is 7. The first kappa shape index (κ1) is 14.2. The molecule has 1 rings (SSSR count). The van der Waals surface area contributed by atoms with Gasteiger partial charge in [0.05, 0.1) is 0 Å². The van der Waals surface area contributed by atoms with Crippen molar-refractivity contribution < 1.29 is 4.79 Å². The van der Waals surface area contributed by atoms with Gasteiger partial charge in [0.1, 0.15) is 0 Å². The normalized spacial score (nSPS) is 18.3. The van der Waals surface area contributed by atoms with E-state index in [1.54, 1.807) is 0 Å². The van der Waals surface area contributed by atoms with Gasteiger partial charge in [0.2, 0.25) is 5.91 Å². The molecule has 1 unspecified atom stereocenters. The van der Waals surface area contributed by atoms with E-state index in [9.17, 15) is 4.79 Å². The summed E-state index contributed by atoms with van der Waals surface area (Å²) in [5.74, 6) is 0.623. The third-order valence-electron chi connectivity index (χ3n) is 3.87. The van der Waals surface area contributed by atoms with Crippen LogP contribution in [0.5, 0.6) is 0 Å². The highest BCUT2D eigenvalue weighted by atomic mass is 16.1. The van der Waals surface area contributed by atoms with E-state index in [0.29, 0.717) is 12.0 Å². The molecule has 1 N–H and O–H groups in total. The molecule has 1 amide bonds. The summed E-state index contributed by atoms with van der Waals surface area (Å²) in [5, 5.41) is 2.96. The second kappa shape index (κ2) is 7.49. The standard InChI is InChI=1S/C14H26N2O/c1-4-12(5-2)13(11-15-14(17)6-3)16-9-7-8-10-16/h6,12-13H,3-5,7-11H2,1-2H3,(H,15,17). The van der Waals surface area contributed by atoms with Crippen molar-refractivity contribution in [3.8, 4) is 0 Å². The van der Waals surface area contributed by atoms with Crippen LogP contribution < -0.4 is 5.32 Å². The van der Waals surface area contributed by atoms with Gasteiger partial charge in [-0.05, 0) is 37.9 Å². The fourth-order valence-corrected chi connectivity index (χ4v) is 2.78. The van der Waals surface area contributed by atoms with Crippen LogP contribution in [0.3, 0.4) is 0 Å². The Hall–Kier alpha value is -0.830. The topological polar surface area (TPSA) is 32.3 Å². The van der Waals surface area contributed by atoms with Crippen LogP contribution in [0.1, 0.15) is 39.5 Å². The molecule has 1 saturated heterocycles. The number of likely N-dealkylation sites (tertiary alicyclic amines) is 1. The van der Waals surface area contributed by atoms with Crippen molar-refractivity contribution in [3.05, 3.63) is 12.7 Å². The van der Waals surface area contributed by atoms with Crippen LogP contribution in [-0.2, 0) is 4.79 Å². The molecule has 1 fully saturated rings. The zero-order valence-electron chi connectivity index (χ0n) is 11.2. The third-order valence-corrected chi connectivity index (χ3v) is 3.87. The predicted molar refractivity (Wildman–Crippen MR) is 71.9 cm³/mol. The Morgan fingerprint density at radius 2 is 1.94 bits per heavy atom. The zero-order valence-corrected chi connectivity index (χ0v) is 11.2. The Balaban J connectivity index is 2.57. The first-order chi connectivity index (χ1) is 8.22. The minimum absolute atomic E-state index is 0.0554. The van der Waals surface area contributed by atoms with Gasteiger partial charge in [-0.1, -0.05) is 33.3 Å². The maximum Gasteiger partial charge on any atom is 0.243 e. The number of hydrogen-bond donors (Lipinski definition) is 1. The van der Waals surface area contributed by atoms with Crippen LogP contribution >= 0.6 is 0 Å². The molecule has 3 nitrogen and oxygen atoms in total. The van der Waals surface area contributed by atoms with Gasteiger partial charge in [0.25, 0.3) is 0 Å². The second-order valence-corrected chi connectivity index (χ2v) is 4.84. The monoisotopic (exact) mass is 238 g/mol. The van der Waals surface area contributed by atoms with E-state index in [2.05, 4.69) is 30.6 Å². The van der Waals surface area contributed by atoms with Crippen molar-refractivity contribution in [2.75, 3.05) is 19.6 Å². The fraction of sp³-hybridized carbons (Fsp3) is 0.786. The lowest BCUT2D eigenvalue weighted by molar-refractivity contribution is -0.116. The van der Waals surface area contributed by atoms with E-state index in [4.69, 9.17) is 0 Å². The number of carbonyl (C=O) groups is 1. The quantitative estimate of drug-likeness (QED) is 0.690. The molecular formula is C14H26N2O. The van der Waals surface area contributed by atoms with E-state index >= 15 is 0 Å². The van der Waals surface area contributed by atoms with Crippen molar-refractivity contribution in [2.45, 2.75) is 45.6 Å². The third kappa shape index (κ3) is 4.15. The Labute approximate surface area is 105 Å². The van der Waals surface area contributed by atoms with Crippen molar-refractivity contribution in [3.63, 3.8) is 0 Å². The van der Waals surface area contributed by atoms with Crippen molar-refractivity contribution in [1.82, 2.24) is 10.2 Å². The van der Waals surface area contributed by atoms with Crippen LogP contribution in [0.2, 0.25) is 0 Å². The first-order valence-electron chi connectivity index (χ1n) is 6.87. The SMILES string of the molecule is C=CC(=O)NCC(C(CC)CC)N1CCCC1. The number of amides is 1. The highest BCUT2D eigenvalue weighted by Gasteiger charge is 2.27. The average Bonchev–Trinajstić information content (AvgIpc) is 2.87. The number of nitrogens with one attached hydrogen (secondary N) is 1. The second-order valence-electron chi connectivity index (χ2n) is 4.84. The van der Waals surface area contributed by atoms with Gasteiger partial charge in [-0.2, -0.15) is 0 Å². The summed E-state index contributed by atoms with van der Waals surface area (Å²) in [4.78, 5) is 13.8. The summed E-state index contributed by atoms with van der Waals surface area (Å²) in [6.07, 6.45) is 6.31. The van der Waals surface area contributed by atoms with Gasteiger partial charge >= 0.3 is 0 Å². The molecular weight excluding hydrogens is 212 g/mol. The van der Waals surface area contributed by atoms with Gasteiger partial charge in [-0.15, -0.1) is 0 Å². The molecule has 3 heteroatoms. The summed E-state index contributed by atoms with van der Waals surface area (Å²) in [6.45, 7) is 11.1. The van der Waals surface area contributed by atoms with E-state index in [0.717, 1.165) is 6.54 Å². The molecule has 0 radical (unpaired) electrons. The summed E-state index contributed by atoms with van der Waals surface area (Å²) >= 11 is 0. The highest BCUT2D eigenvalue weighted by molar-refractivity contribution is 5.86. The molecule has 0 aromatic rings. The Bertz CT molecular complexity index is 241. The molecule has 0 spiro atoms. The molecule has 0 aromatic carbocycles. The predicted octanol–water partition coefficient (Wildman–Crippen LogP) is 2.19. The van der Waals surface area contributed by atoms with Crippen molar-refractivity contribution in [2.24, 2.45) is 5.92 Å². The molecule has 0 saturated carbocycles. The molecule has 1 heterocycles. The smallest absolute Gasteiger partial charge is 0.243 e. The lowest BCUT2D eigenvalue weighted by atomic mass is 9.93. The van der Waals surface area contributed by atoms with Crippen LogP contribution in [0.25, 0.3) is 0 Å². The minimum Gasteiger partial charge on any atom is -0.351 e. The van der Waals surface area contributed by atoms with Crippen LogP contribution in [-0.4, -0.2) is 36.5 Å². The molecule has 1 atom stereocenters. The van der Waals surface area contributed by atoms with Gasteiger partial charge in [-0.25, -0.2) is 0 Å². The number of nitrogens with zero attached hydrogens (tertiary/aromatic N) is 1. The number of carbonyl (C=O) groups excluding carboxylic acids is 1. The maximum atomic E-state index is 11.3. The van der Waals surface area contributed by atoms with E-state index < -0.39 is 0 Å². The fourth-order valence-electron chi connectivity index (χ4n) is 2.78. The molecule has 0 aromatic heterocycles. The molecule has 1 aliphatic rings. The minimum atomic E-state index is -0.0554. The summed E-state index contributed by atoms with van der Waals surface area (Å²) in [5.41, 5.74) is 0. The summed E-state index contributed by atoms with van der Waals surface area (Å²) in [7, 11) is 0. The Morgan fingerprint density at radius 1 is 1.35 bits per heavy atom. The van der Waals surface area contributed by atoms with Gasteiger partial charge in [0.15, 0.2) is 0 Å². The largest absolute Gasteiger partial charge is 0.351 e. The van der Waals surface area contributed by atoms with E-state index in [1.165, 1.54) is 44.8 Å². The Kier molecular flexibility index (Phi) is 6.27. The van der Waals surface area contributed by atoms with Crippen LogP contribution in [0.4, 0.5) is 0 Å². The highest BCUT2D eigenvalue weighted by Crippen LogP contribution is 2.22. The lowest BCUT2D eigenvalue weighted by Gasteiger charge is -2.33. The molecule has 1 aliphatic heterocycles. The molecule has 98 valence electrons. The van der Waals surface area contributed by atoms with Crippen molar-refractivity contribution in [1.29, 1.82) is 0 Å². The maximum absolute atomic E-state index is 11.3. The van der Waals surface area contributed by atoms with Gasteiger partial charge < -0.3 is 5.32 Å². The Morgan fingerprint density at radius 3 is 2.41 bits per heavy atom. The van der Waals surface area contributed by atoms with Gasteiger partial charge in [0, 0.05) is 12.6 Å². The van der Waals surface area contributed by atoms with Crippen LogP contribution in [0, 0.1) is 5.92 Å². The first-order valence-corrected chi connectivity index (χ1v) is 6.87. The van der Waals surface area contributed by atoms with Gasteiger partial charge in [-0.3, -0.25) is 9.69 Å². The molecule has 0 bridgehead atoms. The van der Waals surface area contributed by atoms with E-state index in [1.807, 2.05) is 0 Å². The average molecular weight is 238 g/mol. The van der Waals surface area contributed by atoms with Crippen molar-refractivity contribution >= 4 is 5.91 Å². The molecule has 0 aliphatic carbocycles. The molecule has 17 heavy (non-hydrogen) atoms. The summed E-state index contributed by atoms with van der Waals surface area (Å²) < 4.78 is 0. The summed E-state index contributed by atoms with van der Waals surface area (Å²) in [6, 6.07) is 0.497. The lowest BCUT2D eigenvalue weighted by Crippen LogP contribution is -2.46. The van der Waals surface area contributed by atoms with E-state index in [-0.39, 0.29) is 5.91 Å².